The Morgan fingerprint density at radius 3 is 2.79 bits per heavy atom. The smallest absolute Gasteiger partial charge is 0.252 e. The second-order valence-corrected chi connectivity index (χ2v) is 7.49. The number of carbonyl (C=O) groups excluding carboxylic acids is 1. The van der Waals surface area contributed by atoms with Gasteiger partial charge in [-0.25, -0.2) is 4.98 Å². The van der Waals surface area contributed by atoms with Gasteiger partial charge in [0, 0.05) is 24.1 Å². The Hall–Kier alpha value is -2.43. The molecule has 3 aromatic rings. The Bertz CT molecular complexity index is 995. The fourth-order valence-electron chi connectivity index (χ4n) is 3.57. The number of rotatable bonds is 5. The van der Waals surface area contributed by atoms with Crippen molar-refractivity contribution < 1.29 is 9.53 Å². The first-order valence-corrected chi connectivity index (χ1v) is 10.1. The highest BCUT2D eigenvalue weighted by molar-refractivity contribution is 6.35. The molecule has 4 nitrogen and oxygen atoms in total. The predicted octanol–water partition coefficient (Wildman–Crippen LogP) is 5.03. The number of carbonyl (C=O) groups is 1. The average Bonchev–Trinajstić information content (AvgIpc) is 3.25. The Morgan fingerprint density at radius 2 is 2.07 bits per heavy atom. The van der Waals surface area contributed by atoms with Gasteiger partial charge in [0.1, 0.15) is 0 Å². The van der Waals surface area contributed by atoms with Crippen LogP contribution in [0.15, 0.2) is 48.5 Å². The van der Waals surface area contributed by atoms with Crippen molar-refractivity contribution in [1.29, 1.82) is 0 Å². The van der Waals surface area contributed by atoms with Crippen LogP contribution in [0, 0.1) is 0 Å². The van der Waals surface area contributed by atoms with E-state index >= 15 is 0 Å². The van der Waals surface area contributed by atoms with Crippen molar-refractivity contribution in [2.24, 2.45) is 0 Å². The van der Waals surface area contributed by atoms with E-state index in [0.717, 1.165) is 42.5 Å². The van der Waals surface area contributed by atoms with Gasteiger partial charge in [-0.3, -0.25) is 4.79 Å². The predicted molar refractivity (Wildman–Crippen MR) is 113 cm³/mol. The van der Waals surface area contributed by atoms with Crippen LogP contribution in [0.5, 0.6) is 0 Å². The van der Waals surface area contributed by atoms with E-state index in [0.29, 0.717) is 22.6 Å². The lowest BCUT2D eigenvalue weighted by Crippen LogP contribution is -2.32. The largest absolute Gasteiger partial charge is 0.376 e. The summed E-state index contributed by atoms with van der Waals surface area (Å²) in [6, 6.07) is 15.6. The number of hydrogen-bond acceptors (Lipinski definition) is 3. The minimum atomic E-state index is -0.128. The molecule has 4 rings (SSSR count). The summed E-state index contributed by atoms with van der Waals surface area (Å²) in [6.45, 7) is 3.41. The second kappa shape index (κ2) is 8.29. The summed E-state index contributed by atoms with van der Waals surface area (Å²) >= 11 is 6.41. The summed E-state index contributed by atoms with van der Waals surface area (Å²) in [6.07, 6.45) is 3.11. The molecule has 2 heterocycles. The fraction of sp³-hybridized carbons (Fsp3) is 0.304. The van der Waals surface area contributed by atoms with Gasteiger partial charge in [-0.05, 0) is 37.0 Å². The zero-order valence-corrected chi connectivity index (χ0v) is 16.6. The van der Waals surface area contributed by atoms with Gasteiger partial charge >= 0.3 is 0 Å². The minimum absolute atomic E-state index is 0.0988. The first-order valence-electron chi connectivity index (χ1n) is 9.74. The topological polar surface area (TPSA) is 51.2 Å². The number of hydrogen-bond donors (Lipinski definition) is 1. The monoisotopic (exact) mass is 394 g/mol. The number of benzene rings is 2. The molecule has 1 aliphatic rings. The number of aryl methyl sites for hydroxylation is 1. The van der Waals surface area contributed by atoms with Gasteiger partial charge in [0.15, 0.2) is 0 Å². The molecular formula is C23H23ClN2O2. The Labute approximate surface area is 169 Å². The SMILES string of the molecule is CCc1ccc(-c2cc(C(=O)NC[C@H]3CCCO3)c3cccc(Cl)c3n2)cc1. The summed E-state index contributed by atoms with van der Waals surface area (Å²) in [5.41, 5.74) is 4.19. The van der Waals surface area contributed by atoms with Crippen LogP contribution in [0.1, 0.15) is 35.7 Å². The summed E-state index contributed by atoms with van der Waals surface area (Å²) in [5.74, 6) is -0.128. The Kier molecular flexibility index (Phi) is 5.60. The third-order valence-electron chi connectivity index (χ3n) is 5.21. The molecule has 0 unspecified atom stereocenters. The van der Waals surface area contributed by atoms with Crippen molar-refractivity contribution >= 4 is 28.4 Å². The Balaban J connectivity index is 1.72. The fourth-order valence-corrected chi connectivity index (χ4v) is 3.78. The van der Waals surface area contributed by atoms with Crippen LogP contribution in [0.2, 0.25) is 5.02 Å². The van der Waals surface area contributed by atoms with Gasteiger partial charge in [-0.1, -0.05) is 54.9 Å². The van der Waals surface area contributed by atoms with Crippen LogP contribution >= 0.6 is 11.6 Å². The van der Waals surface area contributed by atoms with Gasteiger partial charge in [0.05, 0.1) is 27.9 Å². The molecule has 144 valence electrons. The Morgan fingerprint density at radius 1 is 1.25 bits per heavy atom. The van der Waals surface area contributed by atoms with Crippen LogP contribution in [0.25, 0.3) is 22.2 Å². The van der Waals surface area contributed by atoms with Crippen LogP contribution < -0.4 is 5.32 Å². The van der Waals surface area contributed by atoms with Crippen LogP contribution in [-0.4, -0.2) is 30.1 Å². The highest BCUT2D eigenvalue weighted by Gasteiger charge is 2.19. The third-order valence-corrected chi connectivity index (χ3v) is 5.51. The number of ether oxygens (including phenoxy) is 1. The van der Waals surface area contributed by atoms with Crippen molar-refractivity contribution in [2.75, 3.05) is 13.2 Å². The van der Waals surface area contributed by atoms with E-state index in [4.69, 9.17) is 21.3 Å². The summed E-state index contributed by atoms with van der Waals surface area (Å²) < 4.78 is 5.61. The van der Waals surface area contributed by atoms with Gasteiger partial charge in [-0.2, -0.15) is 0 Å². The van der Waals surface area contributed by atoms with Crippen LogP contribution in [0.3, 0.4) is 0 Å². The summed E-state index contributed by atoms with van der Waals surface area (Å²) in [5, 5.41) is 4.31. The molecule has 0 radical (unpaired) electrons. The molecule has 1 aliphatic heterocycles. The molecule has 5 heteroatoms. The maximum Gasteiger partial charge on any atom is 0.252 e. The van der Waals surface area contributed by atoms with Gasteiger partial charge in [-0.15, -0.1) is 0 Å². The maximum absolute atomic E-state index is 13.0. The number of nitrogens with one attached hydrogen (secondary N) is 1. The van der Waals surface area contributed by atoms with Gasteiger partial charge < -0.3 is 10.1 Å². The van der Waals surface area contributed by atoms with Crippen molar-refractivity contribution in [3.63, 3.8) is 0 Å². The summed E-state index contributed by atoms with van der Waals surface area (Å²) in [7, 11) is 0. The van der Waals surface area contributed by atoms with E-state index in [1.54, 1.807) is 6.07 Å². The number of para-hydroxylation sites is 1. The van der Waals surface area contributed by atoms with Crippen molar-refractivity contribution in [2.45, 2.75) is 32.3 Å². The number of aromatic nitrogens is 1. The lowest BCUT2D eigenvalue weighted by atomic mass is 10.0. The summed E-state index contributed by atoms with van der Waals surface area (Å²) in [4.78, 5) is 17.7. The van der Waals surface area contributed by atoms with Crippen LogP contribution in [0.4, 0.5) is 0 Å². The molecule has 0 bridgehead atoms. The zero-order chi connectivity index (χ0) is 19.5. The van der Waals surface area contributed by atoms with Crippen molar-refractivity contribution in [3.8, 4) is 11.3 Å². The maximum atomic E-state index is 13.0. The normalized spacial score (nSPS) is 16.4. The van der Waals surface area contributed by atoms with E-state index in [2.05, 4.69) is 24.4 Å². The van der Waals surface area contributed by atoms with E-state index in [9.17, 15) is 4.79 Å². The third kappa shape index (κ3) is 3.89. The molecule has 0 spiro atoms. The molecular weight excluding hydrogens is 372 g/mol. The zero-order valence-electron chi connectivity index (χ0n) is 15.9. The highest BCUT2D eigenvalue weighted by Crippen LogP contribution is 2.29. The standard InChI is InChI=1S/C23H23ClN2O2/c1-2-15-8-10-16(11-9-15)21-13-19(18-6-3-7-20(24)22(18)26-21)23(27)25-14-17-5-4-12-28-17/h3,6-11,13,17H,2,4-5,12,14H2,1H3,(H,25,27)/t17-/m1/s1. The molecule has 1 N–H and O–H groups in total. The molecule has 28 heavy (non-hydrogen) atoms. The number of pyridine rings is 1. The minimum Gasteiger partial charge on any atom is -0.376 e. The van der Waals surface area contributed by atoms with E-state index < -0.39 is 0 Å². The number of halogens is 1. The van der Waals surface area contributed by atoms with E-state index in [1.807, 2.05) is 30.3 Å². The van der Waals surface area contributed by atoms with Gasteiger partial charge in [0.2, 0.25) is 0 Å². The second-order valence-electron chi connectivity index (χ2n) is 7.09. The quantitative estimate of drug-likeness (QED) is 0.660. The lowest BCUT2D eigenvalue weighted by molar-refractivity contribution is 0.0859. The van der Waals surface area contributed by atoms with Gasteiger partial charge in [0.25, 0.3) is 5.91 Å². The van der Waals surface area contributed by atoms with Crippen LogP contribution in [-0.2, 0) is 11.2 Å². The van der Waals surface area contributed by atoms with E-state index in [-0.39, 0.29) is 12.0 Å². The van der Waals surface area contributed by atoms with E-state index in [1.165, 1.54) is 5.56 Å². The van der Waals surface area contributed by atoms with Crippen molar-refractivity contribution in [3.05, 3.63) is 64.7 Å². The molecule has 1 saturated heterocycles. The molecule has 0 aliphatic carbocycles. The molecule has 1 amide bonds. The number of fused-ring (bicyclic) bond motifs is 1. The molecule has 2 aromatic carbocycles. The number of amides is 1. The molecule has 1 aromatic heterocycles. The first-order chi connectivity index (χ1) is 13.7. The van der Waals surface area contributed by atoms with Crippen molar-refractivity contribution in [1.82, 2.24) is 10.3 Å². The molecule has 1 fully saturated rings. The first kappa shape index (κ1) is 18.9. The lowest BCUT2D eigenvalue weighted by Gasteiger charge is -2.14. The average molecular weight is 395 g/mol. The molecule has 0 saturated carbocycles. The molecule has 1 atom stereocenters. The highest BCUT2D eigenvalue weighted by atomic mass is 35.5. The number of nitrogens with zero attached hydrogens (tertiary/aromatic N) is 1.